The smallest absolute Gasteiger partial charge is 0.168 e. The molecule has 2 aromatic rings. The number of methoxy groups -OCH3 is 1. The van der Waals surface area contributed by atoms with Gasteiger partial charge in [-0.05, 0) is 53.7 Å². The second-order valence-electron chi connectivity index (χ2n) is 5.88. The topological polar surface area (TPSA) is 9.23 Å². The molecule has 0 amide bonds. The quantitative estimate of drug-likeness (QED) is 0.733. The van der Waals surface area contributed by atoms with Crippen molar-refractivity contribution >= 4 is 11.6 Å². The molecule has 0 saturated carbocycles. The summed E-state index contributed by atoms with van der Waals surface area (Å²) in [6.07, 6.45) is 4.95. The molecule has 1 nitrogen and oxygen atoms in total. The number of fused-ring (bicyclic) bond motifs is 1. The maximum absolute atomic E-state index is 14.4. The van der Waals surface area contributed by atoms with E-state index in [0.29, 0.717) is 24.0 Å². The van der Waals surface area contributed by atoms with Gasteiger partial charge in [0, 0.05) is 5.56 Å². The molecule has 0 saturated heterocycles. The minimum absolute atomic E-state index is 0.195. The number of halogens is 2. The van der Waals surface area contributed by atoms with Gasteiger partial charge in [0.25, 0.3) is 0 Å². The lowest BCUT2D eigenvalue weighted by atomic mass is 9.87. The van der Waals surface area contributed by atoms with Crippen molar-refractivity contribution in [1.29, 1.82) is 0 Å². The van der Waals surface area contributed by atoms with Crippen LogP contribution in [-0.2, 0) is 12.8 Å². The van der Waals surface area contributed by atoms with Crippen LogP contribution in [0.1, 0.15) is 42.0 Å². The molecule has 0 spiro atoms. The van der Waals surface area contributed by atoms with Gasteiger partial charge < -0.3 is 4.74 Å². The predicted octanol–water partition coefficient (Wildman–Crippen LogP) is 5.41. The summed E-state index contributed by atoms with van der Waals surface area (Å²) in [6.45, 7) is 2.08. The van der Waals surface area contributed by atoms with Crippen molar-refractivity contribution in [2.24, 2.45) is 0 Å². The van der Waals surface area contributed by atoms with Crippen LogP contribution in [0.5, 0.6) is 5.75 Å². The molecule has 2 aromatic carbocycles. The molecule has 0 unspecified atom stereocenters. The van der Waals surface area contributed by atoms with Crippen molar-refractivity contribution in [1.82, 2.24) is 0 Å². The zero-order chi connectivity index (χ0) is 16.4. The third-order valence-corrected chi connectivity index (χ3v) is 4.36. The maximum Gasteiger partial charge on any atom is 0.168 e. The highest BCUT2D eigenvalue weighted by Crippen LogP contribution is 2.35. The molecule has 0 radical (unpaired) electrons. The molecule has 0 aromatic heterocycles. The van der Waals surface area contributed by atoms with Gasteiger partial charge in [0.2, 0.25) is 0 Å². The Morgan fingerprint density at radius 2 is 1.91 bits per heavy atom. The third-order valence-electron chi connectivity index (χ3n) is 4.36. The maximum atomic E-state index is 14.4. The normalized spacial score (nSPS) is 13.5. The number of aryl methyl sites for hydroxylation is 1. The molecule has 0 atom stereocenters. The minimum Gasteiger partial charge on any atom is -0.494 e. The Hall–Kier alpha value is -2.16. The fourth-order valence-electron chi connectivity index (χ4n) is 3.16. The molecule has 120 valence electrons. The van der Waals surface area contributed by atoms with Crippen LogP contribution in [0.4, 0.5) is 8.78 Å². The summed E-state index contributed by atoms with van der Waals surface area (Å²) < 4.78 is 33.7. The molecule has 1 aliphatic rings. The molecule has 0 aliphatic heterocycles. The Bertz CT molecular complexity index is 762. The van der Waals surface area contributed by atoms with Gasteiger partial charge >= 0.3 is 0 Å². The van der Waals surface area contributed by atoms with E-state index in [0.717, 1.165) is 29.5 Å². The summed E-state index contributed by atoms with van der Waals surface area (Å²) in [4.78, 5) is 0. The molecule has 3 heteroatoms. The summed E-state index contributed by atoms with van der Waals surface area (Å²) >= 11 is 0. The van der Waals surface area contributed by atoms with Crippen LogP contribution < -0.4 is 4.74 Å². The number of hydrogen-bond acceptors (Lipinski definition) is 1. The molecular weight excluding hydrogens is 294 g/mol. The van der Waals surface area contributed by atoms with Crippen LogP contribution in [0.15, 0.2) is 30.3 Å². The first-order valence-electron chi connectivity index (χ1n) is 7.98. The largest absolute Gasteiger partial charge is 0.494 e. The number of hydrogen-bond donors (Lipinski definition) is 0. The fraction of sp³-hybridized carbons (Fsp3) is 0.300. The van der Waals surface area contributed by atoms with Crippen molar-refractivity contribution in [2.45, 2.75) is 32.6 Å². The number of benzene rings is 2. The van der Waals surface area contributed by atoms with Gasteiger partial charge in [-0.3, -0.25) is 0 Å². The minimum atomic E-state index is -0.306. The Balaban J connectivity index is 1.98. The number of rotatable bonds is 4. The second kappa shape index (κ2) is 6.53. The second-order valence-corrected chi connectivity index (χ2v) is 5.88. The van der Waals surface area contributed by atoms with E-state index in [1.165, 1.54) is 7.11 Å². The van der Waals surface area contributed by atoms with Gasteiger partial charge in [-0.15, -0.1) is 0 Å². The molecule has 1 aliphatic carbocycles. The Labute approximate surface area is 135 Å². The highest BCUT2D eigenvalue weighted by Gasteiger charge is 2.19. The van der Waals surface area contributed by atoms with E-state index >= 15 is 0 Å². The number of allylic oxidation sites excluding steroid dienone is 1. The zero-order valence-electron chi connectivity index (χ0n) is 13.5. The first-order valence-corrected chi connectivity index (χ1v) is 7.98. The lowest BCUT2D eigenvalue weighted by molar-refractivity contribution is 0.384. The Kier molecular flexibility index (Phi) is 4.46. The van der Waals surface area contributed by atoms with Crippen LogP contribution in [0.25, 0.3) is 11.6 Å². The molecule has 23 heavy (non-hydrogen) atoms. The predicted molar refractivity (Wildman–Crippen MR) is 89.5 cm³/mol. The molecule has 0 fully saturated rings. The highest BCUT2D eigenvalue weighted by molar-refractivity contribution is 5.85. The summed E-state index contributed by atoms with van der Waals surface area (Å²) in [6, 6.07) is 8.89. The molecule has 0 heterocycles. The zero-order valence-corrected chi connectivity index (χ0v) is 13.5. The van der Waals surface area contributed by atoms with E-state index in [4.69, 9.17) is 4.74 Å². The Morgan fingerprint density at radius 1 is 1.09 bits per heavy atom. The number of ether oxygens (including phenoxy) is 1. The first-order chi connectivity index (χ1) is 11.1. The summed E-state index contributed by atoms with van der Waals surface area (Å²) in [5.74, 6) is -0.241. The summed E-state index contributed by atoms with van der Waals surface area (Å²) in [5, 5.41) is 0. The van der Waals surface area contributed by atoms with Gasteiger partial charge in [-0.2, -0.15) is 0 Å². The average Bonchev–Trinajstić information content (AvgIpc) is 2.55. The lowest BCUT2D eigenvalue weighted by Gasteiger charge is -2.19. The van der Waals surface area contributed by atoms with E-state index in [1.807, 2.05) is 24.3 Å². The van der Waals surface area contributed by atoms with E-state index in [9.17, 15) is 8.78 Å². The van der Waals surface area contributed by atoms with Crippen molar-refractivity contribution in [2.75, 3.05) is 7.11 Å². The SMILES string of the molecule is CCCc1ccc(C2=Cc3ccc(OC)c(F)c3CC2)c(F)c1. The first kappa shape index (κ1) is 15.7. The monoisotopic (exact) mass is 314 g/mol. The van der Waals surface area contributed by atoms with Gasteiger partial charge in [0.05, 0.1) is 7.11 Å². The van der Waals surface area contributed by atoms with E-state index in [2.05, 4.69) is 6.92 Å². The third kappa shape index (κ3) is 3.00. The summed E-state index contributed by atoms with van der Waals surface area (Å²) in [7, 11) is 1.46. The highest BCUT2D eigenvalue weighted by atomic mass is 19.1. The lowest BCUT2D eigenvalue weighted by Crippen LogP contribution is -2.05. The van der Waals surface area contributed by atoms with Crippen LogP contribution in [0.3, 0.4) is 0 Å². The molecule has 0 bridgehead atoms. The molecule has 3 rings (SSSR count). The van der Waals surface area contributed by atoms with Gasteiger partial charge in [0.1, 0.15) is 5.82 Å². The molecular formula is C20H20F2O. The van der Waals surface area contributed by atoms with Crippen molar-refractivity contribution in [3.8, 4) is 5.75 Å². The van der Waals surface area contributed by atoms with Crippen LogP contribution in [0, 0.1) is 11.6 Å². The average molecular weight is 314 g/mol. The van der Waals surface area contributed by atoms with Crippen molar-refractivity contribution < 1.29 is 13.5 Å². The molecule has 0 N–H and O–H groups in total. The van der Waals surface area contributed by atoms with Gasteiger partial charge in [0.15, 0.2) is 11.6 Å². The van der Waals surface area contributed by atoms with Crippen LogP contribution >= 0.6 is 0 Å². The van der Waals surface area contributed by atoms with Crippen molar-refractivity contribution in [3.63, 3.8) is 0 Å². The summed E-state index contributed by atoms with van der Waals surface area (Å²) in [5.41, 5.74) is 4.01. The van der Waals surface area contributed by atoms with E-state index in [1.54, 1.807) is 12.1 Å². The van der Waals surface area contributed by atoms with Gasteiger partial charge in [-0.25, -0.2) is 8.78 Å². The van der Waals surface area contributed by atoms with Crippen LogP contribution in [-0.4, -0.2) is 7.11 Å². The fourth-order valence-corrected chi connectivity index (χ4v) is 3.16. The van der Waals surface area contributed by atoms with E-state index < -0.39 is 0 Å². The van der Waals surface area contributed by atoms with Gasteiger partial charge in [-0.1, -0.05) is 37.6 Å². The van der Waals surface area contributed by atoms with E-state index in [-0.39, 0.29) is 17.4 Å². The standard InChI is InChI=1S/C20H20F2O/c1-3-4-13-5-8-16(18(21)11-13)14-6-9-17-15(12-14)7-10-19(23-2)20(17)22/h5,7-8,10-12H,3-4,6,9H2,1-2H3. The van der Waals surface area contributed by atoms with Crippen molar-refractivity contribution in [3.05, 3.63) is 64.2 Å². The van der Waals surface area contributed by atoms with Crippen LogP contribution in [0.2, 0.25) is 0 Å². The Morgan fingerprint density at radius 3 is 2.61 bits per heavy atom.